The average Bonchev–Trinajstić information content (AvgIpc) is 3.71. The smallest absolute Gasteiger partial charge is 0.167 e. The summed E-state index contributed by atoms with van der Waals surface area (Å²) in [4.78, 5) is 21.0. The van der Waals surface area contributed by atoms with E-state index < -0.39 is 5.79 Å². The Morgan fingerprint density at radius 2 is 1.66 bits per heavy atom. The monoisotopic (exact) mass is 612 g/mol. The van der Waals surface area contributed by atoms with Gasteiger partial charge in [-0.3, -0.25) is 14.4 Å². The molecule has 2 N–H and O–H groups in total. The van der Waals surface area contributed by atoms with Crippen LogP contribution in [0.5, 0.6) is 0 Å². The zero-order valence-corrected chi connectivity index (χ0v) is 26.1. The lowest BCUT2D eigenvalue weighted by atomic mass is 9.81. The molecule has 4 aliphatic heterocycles. The number of anilines is 1. The van der Waals surface area contributed by atoms with Crippen LogP contribution in [0.25, 0.3) is 11.2 Å². The summed E-state index contributed by atoms with van der Waals surface area (Å²) in [7, 11) is 0. The SMILES string of the molecule is CC1(C)O[C@@H]2[C@H](O1)[C@@H](C1CCC(=CNCCN3CCN(CCO)CC3)CC1)O[C@H]2n1cnc2c(N3CCOCC3)ncnc21. The molecule has 1 saturated carbocycles. The van der Waals surface area contributed by atoms with E-state index in [-0.39, 0.29) is 31.1 Å². The first-order chi connectivity index (χ1) is 21.5. The van der Waals surface area contributed by atoms with E-state index in [1.165, 1.54) is 5.57 Å². The van der Waals surface area contributed by atoms with Gasteiger partial charge in [-0.05, 0) is 51.6 Å². The Morgan fingerprint density at radius 1 is 0.932 bits per heavy atom. The fourth-order valence-corrected chi connectivity index (χ4v) is 7.54. The molecule has 5 fully saturated rings. The number of ether oxygens (including phenoxy) is 4. The van der Waals surface area contributed by atoms with Gasteiger partial charge in [0.1, 0.15) is 18.5 Å². The summed E-state index contributed by atoms with van der Waals surface area (Å²) in [6.45, 7) is 14.2. The normalized spacial score (nSPS) is 31.5. The highest BCUT2D eigenvalue weighted by Gasteiger charge is 2.58. The molecular weight excluding hydrogens is 564 g/mol. The number of nitrogens with one attached hydrogen (secondary N) is 1. The van der Waals surface area contributed by atoms with Crippen LogP contribution >= 0.6 is 0 Å². The number of allylic oxidation sites excluding steroid dienone is 1. The average molecular weight is 613 g/mol. The first kappa shape index (κ1) is 30.3. The summed E-state index contributed by atoms with van der Waals surface area (Å²) in [5, 5.41) is 12.7. The number of hydrogen-bond acceptors (Lipinski definition) is 12. The van der Waals surface area contributed by atoms with Crippen LogP contribution in [0.3, 0.4) is 0 Å². The second-order valence-electron chi connectivity index (χ2n) is 13.2. The summed E-state index contributed by atoms with van der Waals surface area (Å²) in [5.74, 6) is 0.563. The number of fused-ring (bicyclic) bond motifs is 2. The summed E-state index contributed by atoms with van der Waals surface area (Å²) < 4.78 is 27.4. The molecule has 0 bridgehead atoms. The van der Waals surface area contributed by atoms with Gasteiger partial charge < -0.3 is 34.3 Å². The third-order valence-electron chi connectivity index (χ3n) is 9.89. The van der Waals surface area contributed by atoms with Gasteiger partial charge in [0.15, 0.2) is 29.0 Å². The lowest BCUT2D eigenvalue weighted by Crippen LogP contribution is -2.48. The predicted molar refractivity (Wildman–Crippen MR) is 164 cm³/mol. The molecule has 2 aromatic heterocycles. The van der Waals surface area contributed by atoms with Gasteiger partial charge in [0.2, 0.25) is 0 Å². The Hall–Kier alpha value is -2.39. The molecule has 2 aromatic rings. The van der Waals surface area contributed by atoms with Gasteiger partial charge >= 0.3 is 0 Å². The van der Waals surface area contributed by atoms with Crippen LogP contribution in [0.2, 0.25) is 0 Å². The molecule has 4 saturated heterocycles. The van der Waals surface area contributed by atoms with Crippen molar-refractivity contribution < 1.29 is 24.1 Å². The Kier molecular flexibility index (Phi) is 9.05. The number of morpholine rings is 1. The zero-order valence-electron chi connectivity index (χ0n) is 26.1. The molecule has 0 radical (unpaired) electrons. The van der Waals surface area contributed by atoms with E-state index in [1.54, 1.807) is 6.33 Å². The molecule has 242 valence electrons. The molecule has 0 amide bonds. The van der Waals surface area contributed by atoms with Crippen molar-refractivity contribution in [2.75, 3.05) is 83.6 Å². The lowest BCUT2D eigenvalue weighted by molar-refractivity contribution is -0.203. The van der Waals surface area contributed by atoms with E-state index >= 15 is 0 Å². The van der Waals surface area contributed by atoms with Gasteiger partial charge in [-0.25, -0.2) is 15.0 Å². The third-order valence-corrected chi connectivity index (χ3v) is 9.89. The molecule has 44 heavy (non-hydrogen) atoms. The number of piperazine rings is 1. The first-order valence-corrected chi connectivity index (χ1v) is 16.5. The number of β-amino-alcohol motifs (C(OH)–C–C–N with tert-alkyl or cyclic N) is 1. The molecule has 4 atom stereocenters. The molecule has 0 aromatic carbocycles. The van der Waals surface area contributed by atoms with Crippen molar-refractivity contribution in [2.24, 2.45) is 5.92 Å². The van der Waals surface area contributed by atoms with Crippen LogP contribution in [-0.2, 0) is 18.9 Å². The number of imidazole rings is 1. The predicted octanol–water partition coefficient (Wildman–Crippen LogP) is 1.35. The summed E-state index contributed by atoms with van der Waals surface area (Å²) in [6.07, 6.45) is 9.16. The summed E-state index contributed by atoms with van der Waals surface area (Å²) >= 11 is 0. The van der Waals surface area contributed by atoms with Crippen molar-refractivity contribution in [2.45, 2.75) is 69.9 Å². The van der Waals surface area contributed by atoms with Crippen molar-refractivity contribution in [3.63, 3.8) is 0 Å². The minimum absolute atomic E-state index is 0.0521. The topological polar surface area (TPSA) is 123 Å². The fraction of sp³-hybridized carbons (Fsp3) is 0.774. The van der Waals surface area contributed by atoms with E-state index in [4.69, 9.17) is 29.0 Å². The minimum atomic E-state index is -0.672. The largest absolute Gasteiger partial charge is 0.395 e. The van der Waals surface area contributed by atoms with E-state index in [0.717, 1.165) is 102 Å². The minimum Gasteiger partial charge on any atom is -0.395 e. The second kappa shape index (κ2) is 13.1. The highest BCUT2D eigenvalue weighted by Crippen LogP contribution is 2.48. The van der Waals surface area contributed by atoms with Crippen LogP contribution in [0, 0.1) is 5.92 Å². The zero-order chi connectivity index (χ0) is 30.1. The molecule has 13 nitrogen and oxygen atoms in total. The van der Waals surface area contributed by atoms with Gasteiger partial charge in [-0.1, -0.05) is 5.57 Å². The molecule has 1 aliphatic carbocycles. The summed E-state index contributed by atoms with van der Waals surface area (Å²) in [6, 6.07) is 0. The van der Waals surface area contributed by atoms with E-state index in [0.29, 0.717) is 19.1 Å². The Labute approximate surface area is 259 Å². The molecule has 13 heteroatoms. The van der Waals surface area contributed by atoms with Gasteiger partial charge in [-0.2, -0.15) is 0 Å². The number of aliphatic hydroxyl groups excluding tert-OH is 1. The molecule has 0 spiro atoms. The van der Waals surface area contributed by atoms with Crippen LogP contribution in [-0.4, -0.2) is 137 Å². The Balaban J connectivity index is 0.973. The van der Waals surface area contributed by atoms with E-state index in [1.807, 2.05) is 24.7 Å². The van der Waals surface area contributed by atoms with Crippen molar-refractivity contribution >= 4 is 17.0 Å². The van der Waals surface area contributed by atoms with Crippen LogP contribution in [0.1, 0.15) is 45.8 Å². The standard InChI is InChI=1S/C31H48N8O5/c1-31(2)43-26-25(23-5-3-22(4-6-23)19-32-7-8-36-9-11-37(12-10-36)13-16-40)42-30(27(26)44-31)39-21-35-24-28(33-20-34-29(24)39)38-14-17-41-18-15-38/h19-21,23,25-27,30,32,40H,3-18H2,1-2H3/t23?,25-,26-,27-,30-/m1/s1. The van der Waals surface area contributed by atoms with Gasteiger partial charge in [-0.15, -0.1) is 0 Å². The maximum Gasteiger partial charge on any atom is 0.167 e. The number of hydrogen-bond donors (Lipinski definition) is 2. The number of aliphatic hydroxyl groups is 1. The van der Waals surface area contributed by atoms with Crippen LogP contribution < -0.4 is 10.2 Å². The van der Waals surface area contributed by atoms with Gasteiger partial charge in [0.05, 0.1) is 32.3 Å². The van der Waals surface area contributed by atoms with Crippen LogP contribution in [0.15, 0.2) is 24.4 Å². The number of aromatic nitrogens is 4. The number of nitrogens with zero attached hydrogens (tertiary/aromatic N) is 7. The summed E-state index contributed by atoms with van der Waals surface area (Å²) in [5.41, 5.74) is 3.02. The molecular formula is C31H48N8O5. The quantitative estimate of drug-likeness (QED) is 0.398. The van der Waals surface area contributed by atoms with E-state index in [9.17, 15) is 0 Å². The van der Waals surface area contributed by atoms with Gasteiger partial charge in [0.25, 0.3) is 0 Å². The van der Waals surface area contributed by atoms with Crippen molar-refractivity contribution in [3.8, 4) is 0 Å². The van der Waals surface area contributed by atoms with Crippen molar-refractivity contribution in [1.82, 2.24) is 34.6 Å². The van der Waals surface area contributed by atoms with Crippen LogP contribution in [0.4, 0.5) is 5.82 Å². The maximum absolute atomic E-state index is 9.15. The highest BCUT2D eigenvalue weighted by atomic mass is 16.8. The van der Waals surface area contributed by atoms with Gasteiger partial charge in [0, 0.05) is 58.9 Å². The second-order valence-corrected chi connectivity index (χ2v) is 13.2. The maximum atomic E-state index is 9.15. The Bertz CT molecular complexity index is 1280. The number of rotatable bonds is 9. The highest BCUT2D eigenvalue weighted by molar-refractivity contribution is 5.83. The Morgan fingerprint density at radius 3 is 2.41 bits per heavy atom. The van der Waals surface area contributed by atoms with Crippen molar-refractivity contribution in [1.29, 1.82) is 0 Å². The molecule has 5 aliphatic rings. The van der Waals surface area contributed by atoms with E-state index in [2.05, 4.69) is 36.2 Å². The molecule has 0 unspecified atom stereocenters. The fourth-order valence-electron chi connectivity index (χ4n) is 7.54. The molecule has 7 rings (SSSR count). The third kappa shape index (κ3) is 6.33. The van der Waals surface area contributed by atoms with Crippen molar-refractivity contribution in [3.05, 3.63) is 24.4 Å². The first-order valence-electron chi connectivity index (χ1n) is 16.5. The molecule has 6 heterocycles. The lowest BCUT2D eigenvalue weighted by Gasteiger charge is -2.34.